The first-order valence-corrected chi connectivity index (χ1v) is 5.01. The topological polar surface area (TPSA) is 17.8 Å². The van der Waals surface area contributed by atoms with E-state index in [1.165, 1.54) is 10.8 Å². The Morgan fingerprint density at radius 2 is 2.00 bits per heavy atom. The van der Waals surface area contributed by atoms with Crippen LogP contribution < -0.4 is 5.30 Å². The maximum absolute atomic E-state index is 4.23. The lowest BCUT2D eigenvalue weighted by Gasteiger charge is -1.93. The van der Waals surface area contributed by atoms with E-state index >= 15 is 0 Å². The van der Waals surface area contributed by atoms with Crippen molar-refractivity contribution < 1.29 is 0 Å². The molecule has 0 aliphatic rings. The Bertz CT molecular complexity index is 393. The van der Waals surface area contributed by atoms with E-state index in [-0.39, 0.29) is 0 Å². The summed E-state index contributed by atoms with van der Waals surface area (Å²) in [4.78, 5) is 4.23. The summed E-state index contributed by atoms with van der Waals surface area (Å²) >= 11 is 0. The summed E-state index contributed by atoms with van der Waals surface area (Å²) in [6, 6.07) is 6.19. The Hall–Kier alpha value is -0.880. The zero-order valence-corrected chi connectivity index (χ0v) is 9.44. The average Bonchev–Trinajstić information content (AvgIpc) is 2.51. The fourth-order valence-corrected chi connectivity index (χ4v) is 1.41. The summed E-state index contributed by atoms with van der Waals surface area (Å²) in [5, 5.41) is 1.18. The molecule has 1 aromatic heterocycles. The Morgan fingerprint density at radius 1 is 1.31 bits per heavy atom. The summed E-state index contributed by atoms with van der Waals surface area (Å²) in [6.45, 7) is 4.00. The van der Waals surface area contributed by atoms with Crippen LogP contribution >= 0.6 is 9.24 Å². The van der Waals surface area contributed by atoms with E-state index in [1.54, 1.807) is 0 Å². The molecule has 70 valence electrons. The van der Waals surface area contributed by atoms with Crippen LogP contribution in [0.5, 0.6) is 0 Å². The number of rotatable bonds is 0. The number of aromatic nitrogens is 2. The summed E-state index contributed by atoms with van der Waals surface area (Å²) < 4.78 is 2.01. The van der Waals surface area contributed by atoms with Gasteiger partial charge in [0, 0.05) is 7.05 Å². The number of fused-ring (bicyclic) bond motifs is 1. The Balaban J connectivity index is 0.000000396. The molecular formula is C10H15N2P. The third-order valence-corrected chi connectivity index (χ3v) is 2.11. The van der Waals surface area contributed by atoms with E-state index in [0.29, 0.717) is 0 Å². The highest BCUT2D eigenvalue weighted by molar-refractivity contribution is 7.27. The first kappa shape index (κ1) is 10.2. The maximum atomic E-state index is 4.23. The van der Waals surface area contributed by atoms with Gasteiger partial charge in [0.25, 0.3) is 0 Å². The molecule has 0 spiro atoms. The zero-order valence-electron chi connectivity index (χ0n) is 8.28. The predicted octanol–water partition coefficient (Wildman–Crippen LogP) is 2.10. The molecular weight excluding hydrogens is 179 g/mol. The van der Waals surface area contributed by atoms with Crippen molar-refractivity contribution in [3.63, 3.8) is 0 Å². The van der Waals surface area contributed by atoms with Crippen molar-refractivity contribution >= 4 is 25.6 Å². The standard InChI is InChI=1S/C8H9N2P.C2H6/c1-10-5-9-7-4-6(11)2-3-8(7)10;1-2/h2-5H,11H2,1H3;1-2H3. The SMILES string of the molecule is CC.Cn1cnc2cc(P)ccc21. The molecule has 0 saturated heterocycles. The van der Waals surface area contributed by atoms with Crippen LogP contribution in [0.3, 0.4) is 0 Å². The van der Waals surface area contributed by atoms with Crippen molar-refractivity contribution in [2.75, 3.05) is 0 Å². The minimum absolute atomic E-state index is 1.06. The first-order valence-electron chi connectivity index (χ1n) is 4.44. The summed E-state index contributed by atoms with van der Waals surface area (Å²) in [6.07, 6.45) is 1.83. The van der Waals surface area contributed by atoms with Gasteiger partial charge in [-0.15, -0.1) is 9.24 Å². The fourth-order valence-electron chi connectivity index (χ4n) is 1.15. The van der Waals surface area contributed by atoms with Gasteiger partial charge in [-0.3, -0.25) is 0 Å². The molecule has 2 rings (SSSR count). The molecule has 1 heterocycles. The number of hydrogen-bond donors (Lipinski definition) is 0. The van der Waals surface area contributed by atoms with Crippen LogP contribution in [0.1, 0.15) is 13.8 Å². The fraction of sp³-hybridized carbons (Fsp3) is 0.300. The number of imidazole rings is 1. The monoisotopic (exact) mass is 194 g/mol. The highest BCUT2D eigenvalue weighted by Crippen LogP contribution is 2.09. The Labute approximate surface area is 81.2 Å². The predicted molar refractivity (Wildman–Crippen MR) is 61.4 cm³/mol. The van der Waals surface area contributed by atoms with E-state index in [0.717, 1.165) is 5.52 Å². The average molecular weight is 194 g/mol. The smallest absolute Gasteiger partial charge is 0.0955 e. The second-order valence-electron chi connectivity index (χ2n) is 2.60. The molecule has 2 aromatic rings. The molecule has 1 unspecified atom stereocenters. The molecule has 3 heteroatoms. The minimum atomic E-state index is 1.06. The highest BCUT2D eigenvalue weighted by Gasteiger charge is 1.97. The van der Waals surface area contributed by atoms with Gasteiger partial charge in [0.15, 0.2) is 0 Å². The van der Waals surface area contributed by atoms with Crippen LogP contribution in [0, 0.1) is 0 Å². The normalized spacial score (nSPS) is 9.54. The van der Waals surface area contributed by atoms with E-state index in [1.807, 2.05) is 31.8 Å². The van der Waals surface area contributed by atoms with Gasteiger partial charge >= 0.3 is 0 Å². The van der Waals surface area contributed by atoms with Gasteiger partial charge in [-0.2, -0.15) is 0 Å². The van der Waals surface area contributed by atoms with Crippen molar-refractivity contribution in [2.45, 2.75) is 13.8 Å². The lowest BCUT2D eigenvalue weighted by Crippen LogP contribution is -1.89. The molecule has 1 atom stereocenters. The molecule has 0 aliphatic heterocycles. The number of benzene rings is 1. The number of hydrogen-bond acceptors (Lipinski definition) is 1. The molecule has 2 nitrogen and oxygen atoms in total. The Kier molecular flexibility index (Phi) is 3.44. The van der Waals surface area contributed by atoms with Gasteiger partial charge in [-0.25, -0.2) is 4.98 Å². The van der Waals surface area contributed by atoms with Gasteiger partial charge in [0.1, 0.15) is 0 Å². The van der Waals surface area contributed by atoms with Gasteiger partial charge < -0.3 is 4.57 Å². The van der Waals surface area contributed by atoms with Crippen LogP contribution in [0.4, 0.5) is 0 Å². The first-order chi connectivity index (χ1) is 6.27. The molecule has 0 radical (unpaired) electrons. The lowest BCUT2D eigenvalue weighted by molar-refractivity contribution is 0.948. The van der Waals surface area contributed by atoms with E-state index < -0.39 is 0 Å². The van der Waals surface area contributed by atoms with Gasteiger partial charge in [-0.05, 0) is 17.4 Å². The second-order valence-corrected chi connectivity index (χ2v) is 3.27. The van der Waals surface area contributed by atoms with Crippen molar-refractivity contribution in [1.82, 2.24) is 9.55 Å². The van der Waals surface area contributed by atoms with Gasteiger partial charge in [0.05, 0.1) is 17.4 Å². The van der Waals surface area contributed by atoms with Crippen LogP contribution in [0.2, 0.25) is 0 Å². The largest absolute Gasteiger partial charge is 0.334 e. The summed E-state index contributed by atoms with van der Waals surface area (Å²) in [5.74, 6) is 0. The number of nitrogens with zero attached hydrogens (tertiary/aromatic N) is 2. The van der Waals surface area contributed by atoms with Crippen molar-refractivity contribution in [2.24, 2.45) is 7.05 Å². The third-order valence-electron chi connectivity index (χ3n) is 1.75. The van der Waals surface area contributed by atoms with Crippen LogP contribution in [0.15, 0.2) is 24.5 Å². The molecule has 0 amide bonds. The van der Waals surface area contributed by atoms with Crippen LogP contribution in [-0.2, 0) is 7.05 Å². The van der Waals surface area contributed by atoms with E-state index in [2.05, 4.69) is 32.4 Å². The van der Waals surface area contributed by atoms with Crippen molar-refractivity contribution in [3.8, 4) is 0 Å². The molecule has 0 bridgehead atoms. The zero-order chi connectivity index (χ0) is 9.84. The molecule has 0 saturated carbocycles. The van der Waals surface area contributed by atoms with Crippen molar-refractivity contribution in [3.05, 3.63) is 24.5 Å². The maximum Gasteiger partial charge on any atom is 0.0955 e. The lowest BCUT2D eigenvalue weighted by atomic mass is 10.3. The molecule has 13 heavy (non-hydrogen) atoms. The Morgan fingerprint density at radius 3 is 2.69 bits per heavy atom. The van der Waals surface area contributed by atoms with Gasteiger partial charge in [0.2, 0.25) is 0 Å². The van der Waals surface area contributed by atoms with Crippen LogP contribution in [0.25, 0.3) is 11.0 Å². The number of aryl methyl sites for hydroxylation is 1. The minimum Gasteiger partial charge on any atom is -0.334 e. The molecule has 1 aromatic carbocycles. The van der Waals surface area contributed by atoms with Crippen molar-refractivity contribution in [1.29, 1.82) is 0 Å². The highest BCUT2D eigenvalue weighted by atomic mass is 31.0. The third kappa shape index (κ3) is 2.07. The summed E-state index contributed by atoms with van der Waals surface area (Å²) in [5.41, 5.74) is 2.23. The second kappa shape index (κ2) is 4.38. The van der Waals surface area contributed by atoms with Crippen LogP contribution in [-0.4, -0.2) is 9.55 Å². The van der Waals surface area contributed by atoms with E-state index in [9.17, 15) is 0 Å². The van der Waals surface area contributed by atoms with Gasteiger partial charge in [-0.1, -0.05) is 19.9 Å². The molecule has 0 fully saturated rings. The molecule has 0 N–H and O–H groups in total. The quantitative estimate of drug-likeness (QED) is 0.587. The van der Waals surface area contributed by atoms with E-state index in [4.69, 9.17) is 0 Å². The summed E-state index contributed by atoms with van der Waals surface area (Å²) in [7, 11) is 4.66. The molecule has 0 aliphatic carbocycles.